The van der Waals surface area contributed by atoms with Crippen LogP contribution in [0, 0.1) is 10.1 Å². The fraction of sp³-hybridized carbons (Fsp3) is 0.500. The number of methoxy groups -OCH3 is 1. The zero-order chi connectivity index (χ0) is 18.4. The van der Waals surface area contributed by atoms with E-state index in [9.17, 15) is 24.8 Å². The smallest absolute Gasteiger partial charge is 0.329 e. The van der Waals surface area contributed by atoms with Crippen LogP contribution < -0.4 is 10.1 Å². The first-order valence-corrected chi connectivity index (χ1v) is 8.97. The van der Waals surface area contributed by atoms with E-state index in [1.54, 1.807) is 6.07 Å². The summed E-state index contributed by atoms with van der Waals surface area (Å²) in [5, 5.41) is 23.0. The molecule has 2 N–H and O–H groups in total. The minimum Gasteiger partial charge on any atom is -0.490 e. The number of thioether (sulfide) groups is 1. The lowest BCUT2D eigenvalue weighted by Crippen LogP contribution is -2.53. The van der Waals surface area contributed by atoms with Gasteiger partial charge in [-0.15, -0.1) is 11.8 Å². The zero-order valence-corrected chi connectivity index (χ0v) is 14.6. The van der Waals surface area contributed by atoms with E-state index in [2.05, 4.69) is 5.32 Å². The first-order chi connectivity index (χ1) is 11.9. The number of amides is 1. The van der Waals surface area contributed by atoms with Crippen LogP contribution in [0.4, 0.5) is 5.69 Å². The minimum atomic E-state index is -1.14. The molecule has 0 aliphatic heterocycles. The number of hydrogen-bond donors (Lipinski definition) is 2. The van der Waals surface area contributed by atoms with Crippen molar-refractivity contribution in [3.63, 3.8) is 0 Å². The van der Waals surface area contributed by atoms with Crippen molar-refractivity contribution in [1.82, 2.24) is 5.32 Å². The highest BCUT2D eigenvalue weighted by Crippen LogP contribution is 2.31. The van der Waals surface area contributed by atoms with Crippen molar-refractivity contribution in [3.05, 3.63) is 33.9 Å². The average Bonchev–Trinajstić information content (AvgIpc) is 3.04. The van der Waals surface area contributed by atoms with E-state index < -0.39 is 16.4 Å². The Labute approximate surface area is 149 Å². The highest BCUT2D eigenvalue weighted by Gasteiger charge is 2.42. The minimum absolute atomic E-state index is 0.0921. The van der Waals surface area contributed by atoms with Crippen LogP contribution in [0.3, 0.4) is 0 Å². The molecule has 136 valence electrons. The number of ether oxygens (including phenoxy) is 1. The van der Waals surface area contributed by atoms with Gasteiger partial charge in [-0.3, -0.25) is 14.9 Å². The topological polar surface area (TPSA) is 119 Å². The Morgan fingerprint density at radius 2 is 2.08 bits per heavy atom. The number of carbonyl (C=O) groups excluding carboxylic acids is 1. The van der Waals surface area contributed by atoms with Crippen LogP contribution >= 0.6 is 11.8 Å². The Hall–Kier alpha value is -2.29. The fourth-order valence-corrected chi connectivity index (χ4v) is 3.68. The van der Waals surface area contributed by atoms with E-state index in [1.165, 1.54) is 31.0 Å². The maximum atomic E-state index is 12.1. The SMILES string of the molecule is COc1ccc(CSCC(=O)NC2(C(=O)O)CCCC2)cc1[N+](=O)[O-]. The normalized spacial score (nSPS) is 15.6. The summed E-state index contributed by atoms with van der Waals surface area (Å²) in [6.45, 7) is 0. The van der Waals surface area contributed by atoms with Crippen molar-refractivity contribution < 1.29 is 24.4 Å². The lowest BCUT2D eigenvalue weighted by Gasteiger charge is -2.25. The van der Waals surface area contributed by atoms with Gasteiger partial charge >= 0.3 is 11.7 Å². The number of nitrogens with zero attached hydrogens (tertiary/aromatic N) is 1. The summed E-state index contributed by atoms with van der Waals surface area (Å²) < 4.78 is 4.94. The summed E-state index contributed by atoms with van der Waals surface area (Å²) in [7, 11) is 1.36. The summed E-state index contributed by atoms with van der Waals surface area (Å²) in [5.41, 5.74) is -0.573. The van der Waals surface area contributed by atoms with Gasteiger partial charge < -0.3 is 15.2 Å². The number of carbonyl (C=O) groups is 2. The molecule has 1 aliphatic carbocycles. The number of benzene rings is 1. The van der Waals surface area contributed by atoms with Crippen molar-refractivity contribution in [2.45, 2.75) is 37.0 Å². The maximum absolute atomic E-state index is 12.1. The van der Waals surface area contributed by atoms with E-state index in [1.807, 2.05) is 0 Å². The third-order valence-electron chi connectivity index (χ3n) is 4.19. The van der Waals surface area contributed by atoms with Crippen LogP contribution in [-0.2, 0) is 15.3 Å². The lowest BCUT2D eigenvalue weighted by molar-refractivity contribution is -0.385. The van der Waals surface area contributed by atoms with Gasteiger partial charge in [0.2, 0.25) is 5.91 Å². The second-order valence-electron chi connectivity index (χ2n) is 5.90. The second-order valence-corrected chi connectivity index (χ2v) is 6.88. The molecule has 0 atom stereocenters. The number of rotatable bonds is 8. The second kappa shape index (κ2) is 8.19. The molecular formula is C16H20N2O6S. The molecule has 0 spiro atoms. The largest absolute Gasteiger partial charge is 0.490 e. The van der Waals surface area contributed by atoms with Crippen molar-refractivity contribution in [3.8, 4) is 5.75 Å². The Kier molecular flexibility index (Phi) is 6.24. The van der Waals surface area contributed by atoms with Gasteiger partial charge in [-0.05, 0) is 24.5 Å². The van der Waals surface area contributed by atoms with E-state index in [-0.39, 0.29) is 23.1 Å². The zero-order valence-electron chi connectivity index (χ0n) is 13.8. The summed E-state index contributed by atoms with van der Waals surface area (Å²) >= 11 is 1.27. The maximum Gasteiger partial charge on any atom is 0.329 e. The first kappa shape index (κ1) is 19.0. The van der Waals surface area contributed by atoms with E-state index >= 15 is 0 Å². The molecule has 9 heteroatoms. The summed E-state index contributed by atoms with van der Waals surface area (Å²) in [6.07, 6.45) is 2.47. The number of hydrogen-bond acceptors (Lipinski definition) is 6. The standard InChI is InChI=1S/C16H20N2O6S/c1-24-13-5-4-11(8-12(13)18(22)23)9-25-10-14(19)17-16(15(20)21)6-2-3-7-16/h4-5,8H,2-3,6-7,9-10H2,1H3,(H,17,19)(H,20,21). The van der Waals surface area contributed by atoms with Gasteiger partial charge in [0.05, 0.1) is 17.8 Å². The Bertz CT molecular complexity index is 673. The molecule has 1 fully saturated rings. The van der Waals surface area contributed by atoms with Gasteiger partial charge in [0, 0.05) is 11.8 Å². The van der Waals surface area contributed by atoms with E-state index in [0.29, 0.717) is 24.2 Å². The number of aliphatic carboxylic acids is 1. The van der Waals surface area contributed by atoms with Crippen LogP contribution in [0.1, 0.15) is 31.2 Å². The van der Waals surface area contributed by atoms with Gasteiger partial charge in [0.1, 0.15) is 5.54 Å². The molecule has 1 aromatic carbocycles. The van der Waals surface area contributed by atoms with Gasteiger partial charge in [-0.2, -0.15) is 0 Å². The number of nitro groups is 1. The average molecular weight is 368 g/mol. The summed E-state index contributed by atoms with van der Waals surface area (Å²) in [6, 6.07) is 4.64. The number of nitrogens with one attached hydrogen (secondary N) is 1. The van der Waals surface area contributed by atoms with Crippen molar-refractivity contribution >= 4 is 29.3 Å². The molecular weight excluding hydrogens is 348 g/mol. The molecule has 1 amide bonds. The molecule has 2 rings (SSSR count). The van der Waals surface area contributed by atoms with E-state index in [0.717, 1.165) is 12.8 Å². The summed E-state index contributed by atoms with van der Waals surface area (Å²) in [4.78, 5) is 34.0. The number of carboxylic acid groups (broad SMARTS) is 1. The third kappa shape index (κ3) is 4.62. The van der Waals surface area contributed by atoms with E-state index in [4.69, 9.17) is 4.74 Å². The van der Waals surface area contributed by atoms with Crippen molar-refractivity contribution in [1.29, 1.82) is 0 Å². The molecule has 8 nitrogen and oxygen atoms in total. The fourth-order valence-electron chi connectivity index (χ4n) is 2.90. The van der Waals surface area contributed by atoms with Crippen LogP contribution in [0.2, 0.25) is 0 Å². The molecule has 0 heterocycles. The van der Waals surface area contributed by atoms with Gasteiger partial charge in [0.15, 0.2) is 5.75 Å². The molecule has 0 radical (unpaired) electrons. The van der Waals surface area contributed by atoms with Crippen LogP contribution in [0.25, 0.3) is 0 Å². The van der Waals surface area contributed by atoms with Crippen LogP contribution in [0.5, 0.6) is 5.75 Å². The molecule has 0 aromatic heterocycles. The molecule has 0 saturated heterocycles. The molecule has 1 aromatic rings. The van der Waals surface area contributed by atoms with Gasteiger partial charge in [-0.25, -0.2) is 4.79 Å². The van der Waals surface area contributed by atoms with Crippen molar-refractivity contribution in [2.24, 2.45) is 0 Å². The van der Waals surface area contributed by atoms with Gasteiger partial charge in [0.25, 0.3) is 0 Å². The highest BCUT2D eigenvalue weighted by molar-refractivity contribution is 7.99. The van der Waals surface area contributed by atoms with Gasteiger partial charge in [-0.1, -0.05) is 18.9 Å². The molecule has 0 unspecified atom stereocenters. The lowest BCUT2D eigenvalue weighted by atomic mass is 9.98. The Morgan fingerprint density at radius 3 is 2.64 bits per heavy atom. The third-order valence-corrected chi connectivity index (χ3v) is 5.19. The molecule has 0 bridgehead atoms. The first-order valence-electron chi connectivity index (χ1n) is 7.81. The predicted molar refractivity (Wildman–Crippen MR) is 92.8 cm³/mol. The Balaban J connectivity index is 1.90. The molecule has 1 aliphatic rings. The monoisotopic (exact) mass is 368 g/mol. The van der Waals surface area contributed by atoms with Crippen molar-refractivity contribution in [2.75, 3.05) is 12.9 Å². The number of nitro benzene ring substituents is 1. The molecule has 1 saturated carbocycles. The quantitative estimate of drug-likeness (QED) is 0.534. The predicted octanol–water partition coefficient (Wildman–Crippen LogP) is 2.35. The van der Waals surface area contributed by atoms with Crippen LogP contribution in [0.15, 0.2) is 18.2 Å². The number of carboxylic acids is 1. The Morgan fingerprint density at radius 1 is 1.40 bits per heavy atom. The van der Waals surface area contributed by atoms with Crippen LogP contribution in [-0.4, -0.2) is 40.3 Å². The molecule has 25 heavy (non-hydrogen) atoms. The summed E-state index contributed by atoms with van der Waals surface area (Å²) in [5.74, 6) is -0.653. The highest BCUT2D eigenvalue weighted by atomic mass is 32.2.